The SMILES string of the molecule is O=C(O)c1cc(Cl)cc(Cl)c1NS(=O)(=O)C1CC1. The number of rotatable bonds is 4. The lowest BCUT2D eigenvalue weighted by Crippen LogP contribution is -2.19. The standard InChI is InChI=1S/C10H9Cl2NO4S/c11-5-3-7(10(14)15)9(8(12)4-5)13-18(16,17)6-1-2-6/h3-4,6,13H,1-2H2,(H,14,15). The monoisotopic (exact) mass is 309 g/mol. The van der Waals surface area contributed by atoms with E-state index in [2.05, 4.69) is 4.72 Å². The number of anilines is 1. The number of hydrogen-bond donors (Lipinski definition) is 2. The zero-order valence-corrected chi connectivity index (χ0v) is 11.3. The molecule has 0 spiro atoms. The molecule has 18 heavy (non-hydrogen) atoms. The molecule has 0 saturated heterocycles. The van der Waals surface area contributed by atoms with Crippen LogP contribution >= 0.6 is 23.2 Å². The van der Waals surface area contributed by atoms with Gasteiger partial charge >= 0.3 is 5.97 Å². The molecule has 1 aromatic carbocycles. The Kier molecular flexibility index (Phi) is 3.44. The van der Waals surface area contributed by atoms with Gasteiger partial charge in [0, 0.05) is 5.02 Å². The first-order chi connectivity index (χ1) is 8.31. The molecule has 0 unspecified atom stereocenters. The van der Waals surface area contributed by atoms with Crippen molar-refractivity contribution in [3.8, 4) is 0 Å². The van der Waals surface area contributed by atoms with Crippen molar-refractivity contribution < 1.29 is 18.3 Å². The quantitative estimate of drug-likeness (QED) is 0.895. The number of aromatic carboxylic acids is 1. The van der Waals surface area contributed by atoms with E-state index in [-0.39, 0.29) is 21.3 Å². The summed E-state index contributed by atoms with van der Waals surface area (Å²) >= 11 is 11.5. The molecule has 8 heteroatoms. The van der Waals surface area contributed by atoms with Crippen LogP contribution in [0.25, 0.3) is 0 Å². The zero-order valence-electron chi connectivity index (χ0n) is 8.98. The molecule has 2 rings (SSSR count). The van der Waals surface area contributed by atoms with E-state index in [9.17, 15) is 13.2 Å². The first-order valence-electron chi connectivity index (χ1n) is 5.05. The molecule has 0 aliphatic heterocycles. The van der Waals surface area contributed by atoms with Crippen molar-refractivity contribution in [3.63, 3.8) is 0 Å². The fraction of sp³-hybridized carbons (Fsp3) is 0.300. The minimum Gasteiger partial charge on any atom is -0.478 e. The van der Waals surface area contributed by atoms with Crippen LogP contribution in [0.4, 0.5) is 5.69 Å². The highest BCUT2D eigenvalue weighted by molar-refractivity contribution is 7.93. The Labute approximate surface area is 114 Å². The lowest BCUT2D eigenvalue weighted by atomic mass is 10.2. The summed E-state index contributed by atoms with van der Waals surface area (Å²) in [5.41, 5.74) is -0.405. The molecular formula is C10H9Cl2NO4S. The predicted molar refractivity (Wildman–Crippen MR) is 69.0 cm³/mol. The van der Waals surface area contributed by atoms with Gasteiger partial charge in [-0.05, 0) is 25.0 Å². The number of halogens is 2. The molecule has 98 valence electrons. The molecule has 0 bridgehead atoms. The summed E-state index contributed by atoms with van der Waals surface area (Å²) in [6.07, 6.45) is 1.14. The second-order valence-corrected chi connectivity index (χ2v) is 6.77. The van der Waals surface area contributed by atoms with E-state index in [0.717, 1.165) is 6.07 Å². The van der Waals surface area contributed by atoms with Gasteiger partial charge in [0.15, 0.2) is 0 Å². The summed E-state index contributed by atoms with van der Waals surface area (Å²) in [6, 6.07) is 2.45. The Morgan fingerprint density at radius 3 is 2.44 bits per heavy atom. The first-order valence-corrected chi connectivity index (χ1v) is 7.35. The Morgan fingerprint density at radius 1 is 1.33 bits per heavy atom. The maximum absolute atomic E-state index is 11.8. The van der Waals surface area contributed by atoms with E-state index in [1.54, 1.807) is 0 Å². The average molecular weight is 310 g/mol. The van der Waals surface area contributed by atoms with E-state index in [4.69, 9.17) is 28.3 Å². The van der Waals surface area contributed by atoms with Gasteiger partial charge in [-0.3, -0.25) is 4.72 Å². The number of carboxylic acids is 1. The van der Waals surface area contributed by atoms with Crippen molar-refractivity contribution in [2.75, 3.05) is 4.72 Å². The van der Waals surface area contributed by atoms with Crippen molar-refractivity contribution in [1.29, 1.82) is 0 Å². The Hall–Kier alpha value is -0.980. The van der Waals surface area contributed by atoms with Crippen molar-refractivity contribution in [2.24, 2.45) is 0 Å². The largest absolute Gasteiger partial charge is 0.478 e. The molecule has 1 aliphatic rings. The molecule has 1 fully saturated rings. The molecule has 1 aromatic rings. The Balaban J connectivity index is 2.46. The average Bonchev–Trinajstić information content (AvgIpc) is 3.04. The molecule has 0 atom stereocenters. The molecule has 0 amide bonds. The molecule has 5 nitrogen and oxygen atoms in total. The summed E-state index contributed by atoms with van der Waals surface area (Å²) in [5.74, 6) is -1.30. The van der Waals surface area contributed by atoms with Crippen LogP contribution in [0.5, 0.6) is 0 Å². The van der Waals surface area contributed by atoms with Gasteiger partial charge in [-0.1, -0.05) is 23.2 Å². The van der Waals surface area contributed by atoms with E-state index in [1.165, 1.54) is 6.07 Å². The third-order valence-corrected chi connectivity index (χ3v) is 4.85. The number of benzene rings is 1. The topological polar surface area (TPSA) is 83.5 Å². The predicted octanol–water partition coefficient (Wildman–Crippen LogP) is 2.60. The molecular weight excluding hydrogens is 301 g/mol. The van der Waals surface area contributed by atoms with Crippen molar-refractivity contribution in [2.45, 2.75) is 18.1 Å². The van der Waals surface area contributed by atoms with Crippen LogP contribution in [0.15, 0.2) is 12.1 Å². The van der Waals surface area contributed by atoms with Crippen LogP contribution in [0.1, 0.15) is 23.2 Å². The van der Waals surface area contributed by atoms with E-state index < -0.39 is 21.2 Å². The van der Waals surface area contributed by atoms with Crippen LogP contribution in [0, 0.1) is 0 Å². The Morgan fingerprint density at radius 2 is 1.94 bits per heavy atom. The fourth-order valence-corrected chi connectivity index (χ4v) is 3.47. The second kappa shape index (κ2) is 4.60. The summed E-state index contributed by atoms with van der Waals surface area (Å²) in [4.78, 5) is 11.0. The fourth-order valence-electron chi connectivity index (χ4n) is 1.45. The summed E-state index contributed by atoms with van der Waals surface area (Å²) in [5, 5.41) is 8.64. The van der Waals surface area contributed by atoms with Crippen LogP contribution in [0.2, 0.25) is 10.0 Å². The van der Waals surface area contributed by atoms with Crippen LogP contribution in [0.3, 0.4) is 0 Å². The number of nitrogens with one attached hydrogen (secondary N) is 1. The van der Waals surface area contributed by atoms with Gasteiger partial charge in [0.2, 0.25) is 10.0 Å². The molecule has 1 saturated carbocycles. The van der Waals surface area contributed by atoms with Gasteiger partial charge in [0.1, 0.15) is 0 Å². The number of carbonyl (C=O) groups is 1. The van der Waals surface area contributed by atoms with Gasteiger partial charge in [0.25, 0.3) is 0 Å². The molecule has 0 aromatic heterocycles. The minimum atomic E-state index is -3.57. The normalized spacial score (nSPS) is 15.4. The highest BCUT2D eigenvalue weighted by atomic mass is 35.5. The molecule has 0 radical (unpaired) electrons. The van der Waals surface area contributed by atoms with Crippen molar-refractivity contribution >= 4 is 44.9 Å². The number of hydrogen-bond acceptors (Lipinski definition) is 3. The molecule has 1 aliphatic carbocycles. The number of sulfonamides is 1. The van der Waals surface area contributed by atoms with Gasteiger partial charge in [-0.25, -0.2) is 13.2 Å². The van der Waals surface area contributed by atoms with Gasteiger partial charge in [-0.2, -0.15) is 0 Å². The highest BCUT2D eigenvalue weighted by Gasteiger charge is 2.36. The van der Waals surface area contributed by atoms with Crippen LogP contribution < -0.4 is 4.72 Å². The van der Waals surface area contributed by atoms with Gasteiger partial charge < -0.3 is 5.11 Å². The smallest absolute Gasteiger partial charge is 0.337 e. The lowest BCUT2D eigenvalue weighted by Gasteiger charge is -2.12. The third kappa shape index (κ3) is 2.71. The van der Waals surface area contributed by atoms with E-state index in [1.807, 2.05) is 0 Å². The van der Waals surface area contributed by atoms with Crippen molar-refractivity contribution in [3.05, 3.63) is 27.7 Å². The van der Waals surface area contributed by atoms with Crippen LogP contribution in [-0.2, 0) is 10.0 Å². The maximum atomic E-state index is 11.8. The third-order valence-electron chi connectivity index (χ3n) is 2.49. The zero-order chi connectivity index (χ0) is 13.5. The van der Waals surface area contributed by atoms with Crippen molar-refractivity contribution in [1.82, 2.24) is 0 Å². The molecule has 2 N–H and O–H groups in total. The van der Waals surface area contributed by atoms with E-state index >= 15 is 0 Å². The van der Waals surface area contributed by atoms with Gasteiger partial charge in [-0.15, -0.1) is 0 Å². The highest BCUT2D eigenvalue weighted by Crippen LogP contribution is 2.35. The summed E-state index contributed by atoms with van der Waals surface area (Å²) < 4.78 is 25.8. The Bertz CT molecular complexity index is 611. The summed E-state index contributed by atoms with van der Waals surface area (Å²) in [7, 11) is -3.57. The number of carboxylic acid groups (broad SMARTS) is 1. The maximum Gasteiger partial charge on any atom is 0.337 e. The minimum absolute atomic E-state index is 0.0378. The molecule has 0 heterocycles. The lowest BCUT2D eigenvalue weighted by molar-refractivity contribution is 0.0698. The van der Waals surface area contributed by atoms with E-state index in [0.29, 0.717) is 12.8 Å². The second-order valence-electron chi connectivity index (χ2n) is 3.96. The summed E-state index contributed by atoms with van der Waals surface area (Å²) in [6.45, 7) is 0. The van der Waals surface area contributed by atoms with Crippen LogP contribution in [-0.4, -0.2) is 24.7 Å². The van der Waals surface area contributed by atoms with Gasteiger partial charge in [0.05, 0.1) is 21.5 Å². The first kappa shape index (κ1) is 13.5.